The third-order valence-electron chi connectivity index (χ3n) is 3.19. The van der Waals surface area contributed by atoms with Crippen LogP contribution in [-0.4, -0.2) is 4.98 Å². The van der Waals surface area contributed by atoms with Crippen LogP contribution in [0.25, 0.3) is 0 Å². The molecule has 0 saturated heterocycles. The summed E-state index contributed by atoms with van der Waals surface area (Å²) in [5.74, 6) is 0. The first-order valence-corrected chi connectivity index (χ1v) is 6.42. The number of pyridine rings is 1. The monoisotopic (exact) mass is 251 g/mol. The molecular weight excluding hydrogens is 234 g/mol. The molecule has 0 spiro atoms. The normalized spacial score (nSPS) is 9.95. The third-order valence-corrected chi connectivity index (χ3v) is 3.19. The van der Waals surface area contributed by atoms with Crippen molar-refractivity contribution in [2.24, 2.45) is 0 Å². The summed E-state index contributed by atoms with van der Waals surface area (Å²) in [6.45, 7) is 4.76. The van der Waals surface area contributed by atoms with Gasteiger partial charge in [-0.25, -0.2) is 0 Å². The molecule has 0 fully saturated rings. The lowest BCUT2D eigenvalue weighted by molar-refractivity contribution is 0.969. The maximum atomic E-state index is 9.14. The van der Waals surface area contributed by atoms with Gasteiger partial charge in [0.25, 0.3) is 0 Å². The third kappa shape index (κ3) is 2.92. The molecule has 1 N–H and O–H groups in total. The Morgan fingerprint density at radius 3 is 2.84 bits per heavy atom. The second-order valence-corrected chi connectivity index (χ2v) is 4.43. The van der Waals surface area contributed by atoms with Gasteiger partial charge in [0, 0.05) is 6.20 Å². The van der Waals surface area contributed by atoms with Crippen LogP contribution in [0.3, 0.4) is 0 Å². The smallest absolute Gasteiger partial charge is 0.101 e. The van der Waals surface area contributed by atoms with Gasteiger partial charge in [-0.15, -0.1) is 0 Å². The summed E-state index contributed by atoms with van der Waals surface area (Å²) in [6, 6.07) is 12.0. The lowest BCUT2D eigenvalue weighted by Gasteiger charge is -2.12. The van der Waals surface area contributed by atoms with E-state index in [4.69, 9.17) is 5.26 Å². The maximum Gasteiger partial charge on any atom is 0.101 e. The topological polar surface area (TPSA) is 48.7 Å². The van der Waals surface area contributed by atoms with E-state index in [0.29, 0.717) is 12.1 Å². The molecule has 2 aromatic rings. The van der Waals surface area contributed by atoms with Gasteiger partial charge >= 0.3 is 0 Å². The van der Waals surface area contributed by atoms with Crippen LogP contribution in [0.15, 0.2) is 36.5 Å². The van der Waals surface area contributed by atoms with Crippen molar-refractivity contribution in [3.63, 3.8) is 0 Å². The van der Waals surface area contributed by atoms with Crippen LogP contribution in [0.4, 0.5) is 5.69 Å². The van der Waals surface area contributed by atoms with Crippen LogP contribution < -0.4 is 5.32 Å². The number of para-hydroxylation sites is 1. The zero-order valence-corrected chi connectivity index (χ0v) is 11.3. The highest BCUT2D eigenvalue weighted by atomic mass is 14.9. The first kappa shape index (κ1) is 13.1. The highest BCUT2D eigenvalue weighted by molar-refractivity contribution is 5.62. The highest BCUT2D eigenvalue weighted by Gasteiger charge is 2.06. The van der Waals surface area contributed by atoms with E-state index >= 15 is 0 Å². The van der Waals surface area contributed by atoms with Crippen LogP contribution in [-0.2, 0) is 13.0 Å². The summed E-state index contributed by atoms with van der Waals surface area (Å²) < 4.78 is 0. The van der Waals surface area contributed by atoms with Gasteiger partial charge in [0.05, 0.1) is 23.5 Å². The van der Waals surface area contributed by atoms with Crippen molar-refractivity contribution >= 4 is 5.69 Å². The van der Waals surface area contributed by atoms with Crippen molar-refractivity contribution in [2.45, 2.75) is 26.8 Å². The maximum absolute atomic E-state index is 9.14. The van der Waals surface area contributed by atoms with Gasteiger partial charge in [-0.05, 0) is 36.6 Å². The second kappa shape index (κ2) is 6.01. The van der Waals surface area contributed by atoms with E-state index in [1.807, 2.05) is 31.2 Å². The van der Waals surface area contributed by atoms with Crippen LogP contribution >= 0.6 is 0 Å². The number of aromatic nitrogens is 1. The molecule has 0 aliphatic rings. The van der Waals surface area contributed by atoms with E-state index in [0.717, 1.165) is 23.4 Å². The summed E-state index contributed by atoms with van der Waals surface area (Å²) in [7, 11) is 0. The molecule has 3 nitrogen and oxygen atoms in total. The summed E-state index contributed by atoms with van der Waals surface area (Å²) in [4.78, 5) is 4.40. The Hall–Kier alpha value is -2.34. The zero-order chi connectivity index (χ0) is 13.7. The first-order valence-electron chi connectivity index (χ1n) is 6.42. The number of aryl methyl sites for hydroxylation is 2. The standard InChI is InChI=1S/C16H17N3/c1-3-13-8-5-9-18-15(13)11-19-16-12(2)6-4-7-14(16)10-17/h4-9,19H,3,11H2,1-2H3. The number of hydrogen-bond donors (Lipinski definition) is 1. The molecule has 0 aliphatic carbocycles. The van der Waals surface area contributed by atoms with Crippen LogP contribution in [0.2, 0.25) is 0 Å². The average molecular weight is 251 g/mol. The number of nitrogens with one attached hydrogen (secondary N) is 1. The molecule has 0 aliphatic heterocycles. The van der Waals surface area contributed by atoms with E-state index in [2.05, 4.69) is 29.4 Å². The zero-order valence-electron chi connectivity index (χ0n) is 11.3. The Labute approximate surface area is 113 Å². The Bertz CT molecular complexity index is 612. The highest BCUT2D eigenvalue weighted by Crippen LogP contribution is 2.20. The Morgan fingerprint density at radius 1 is 1.26 bits per heavy atom. The van der Waals surface area contributed by atoms with E-state index in [9.17, 15) is 0 Å². The fourth-order valence-electron chi connectivity index (χ4n) is 2.12. The molecule has 2 rings (SSSR count). The van der Waals surface area contributed by atoms with Crippen molar-refractivity contribution in [3.8, 4) is 6.07 Å². The predicted molar refractivity (Wildman–Crippen MR) is 76.8 cm³/mol. The molecule has 96 valence electrons. The van der Waals surface area contributed by atoms with Gasteiger partial charge in [-0.3, -0.25) is 4.98 Å². The van der Waals surface area contributed by atoms with E-state index in [1.54, 1.807) is 6.20 Å². The largest absolute Gasteiger partial charge is 0.378 e. The number of anilines is 1. The Kier molecular flexibility index (Phi) is 4.15. The molecule has 0 bridgehead atoms. The Morgan fingerprint density at radius 2 is 2.11 bits per heavy atom. The predicted octanol–water partition coefficient (Wildman–Crippen LogP) is 3.44. The molecule has 0 atom stereocenters. The fourth-order valence-corrected chi connectivity index (χ4v) is 2.12. The SMILES string of the molecule is CCc1cccnc1CNc1c(C)cccc1C#N. The Balaban J connectivity index is 2.22. The molecule has 0 radical (unpaired) electrons. The quantitative estimate of drug-likeness (QED) is 0.905. The van der Waals surface area contributed by atoms with Crippen LogP contribution in [0, 0.1) is 18.3 Å². The van der Waals surface area contributed by atoms with Gasteiger partial charge in [0.15, 0.2) is 0 Å². The minimum Gasteiger partial charge on any atom is -0.378 e. The minimum absolute atomic E-state index is 0.642. The molecule has 0 saturated carbocycles. The average Bonchev–Trinajstić information content (AvgIpc) is 2.46. The van der Waals surface area contributed by atoms with Gasteiger partial charge < -0.3 is 5.32 Å². The molecule has 1 aromatic heterocycles. The molecule has 1 heterocycles. The number of nitriles is 1. The lowest BCUT2D eigenvalue weighted by Crippen LogP contribution is -2.07. The van der Waals surface area contributed by atoms with Gasteiger partial charge in [0.1, 0.15) is 6.07 Å². The number of rotatable bonds is 4. The molecular formula is C16H17N3. The van der Waals surface area contributed by atoms with Crippen LogP contribution in [0.5, 0.6) is 0 Å². The summed E-state index contributed by atoms with van der Waals surface area (Å²) >= 11 is 0. The van der Waals surface area contributed by atoms with Crippen molar-refractivity contribution in [3.05, 3.63) is 58.9 Å². The molecule has 3 heteroatoms. The molecule has 1 aromatic carbocycles. The van der Waals surface area contributed by atoms with Crippen molar-refractivity contribution in [2.75, 3.05) is 5.32 Å². The first-order chi connectivity index (χ1) is 9.26. The van der Waals surface area contributed by atoms with E-state index < -0.39 is 0 Å². The van der Waals surface area contributed by atoms with Crippen molar-refractivity contribution in [1.82, 2.24) is 4.98 Å². The minimum atomic E-state index is 0.642. The number of hydrogen-bond acceptors (Lipinski definition) is 3. The number of benzene rings is 1. The van der Waals surface area contributed by atoms with Gasteiger partial charge in [-0.2, -0.15) is 5.26 Å². The second-order valence-electron chi connectivity index (χ2n) is 4.43. The number of nitrogens with zero attached hydrogens (tertiary/aromatic N) is 2. The van der Waals surface area contributed by atoms with Crippen molar-refractivity contribution < 1.29 is 0 Å². The summed E-state index contributed by atoms with van der Waals surface area (Å²) in [5, 5.41) is 12.5. The van der Waals surface area contributed by atoms with E-state index in [-0.39, 0.29) is 0 Å². The molecule has 0 amide bonds. The van der Waals surface area contributed by atoms with E-state index in [1.165, 1.54) is 5.56 Å². The van der Waals surface area contributed by atoms with Gasteiger partial charge in [-0.1, -0.05) is 25.1 Å². The summed E-state index contributed by atoms with van der Waals surface area (Å²) in [6.07, 6.45) is 2.77. The molecule has 19 heavy (non-hydrogen) atoms. The fraction of sp³-hybridized carbons (Fsp3) is 0.250. The lowest BCUT2D eigenvalue weighted by atomic mass is 10.1. The summed E-state index contributed by atoms with van der Waals surface area (Å²) in [5.41, 5.74) is 4.93. The van der Waals surface area contributed by atoms with Crippen LogP contribution in [0.1, 0.15) is 29.3 Å². The van der Waals surface area contributed by atoms with Crippen molar-refractivity contribution in [1.29, 1.82) is 5.26 Å². The van der Waals surface area contributed by atoms with Gasteiger partial charge in [0.2, 0.25) is 0 Å². The molecule has 0 unspecified atom stereocenters.